The second-order valence-electron chi connectivity index (χ2n) is 1.92. The summed E-state index contributed by atoms with van der Waals surface area (Å²) >= 11 is 0. The van der Waals surface area contributed by atoms with Crippen molar-refractivity contribution in [3.63, 3.8) is 0 Å². The summed E-state index contributed by atoms with van der Waals surface area (Å²) in [6.45, 7) is 0. The van der Waals surface area contributed by atoms with Gasteiger partial charge in [-0.15, -0.1) is 0 Å². The number of aromatic nitrogens is 2. The van der Waals surface area contributed by atoms with Crippen molar-refractivity contribution in [2.45, 2.75) is 0 Å². The number of nitrogens with zero attached hydrogens (tertiary/aromatic N) is 2. The van der Waals surface area contributed by atoms with E-state index in [1.165, 1.54) is 0 Å². The molecule has 0 fully saturated rings. The van der Waals surface area contributed by atoms with Gasteiger partial charge in [0, 0.05) is 32.7 Å². The van der Waals surface area contributed by atoms with Crippen molar-refractivity contribution in [1.82, 2.24) is 9.97 Å². The summed E-state index contributed by atoms with van der Waals surface area (Å²) in [5.41, 5.74) is 0. The fourth-order valence-electron chi connectivity index (χ4n) is 0.555. The first kappa shape index (κ1) is 12.4. The third-order valence-electron chi connectivity index (χ3n) is 1.03. The topological polar surface area (TPSA) is 25.8 Å². The molecule has 0 atom stereocenters. The maximum Gasteiger partial charge on any atom is 0 e. The SMILES string of the molecule is [Y].[c-]1ccccn1.[c-]1ccccn1. The molecular formula is C10H8N2Y-2. The first-order valence-electron chi connectivity index (χ1n) is 3.54. The molecule has 0 spiro atoms. The molecule has 3 heteroatoms. The van der Waals surface area contributed by atoms with Gasteiger partial charge in [0.05, 0.1) is 0 Å². The van der Waals surface area contributed by atoms with Gasteiger partial charge in [-0.05, 0) is 0 Å². The van der Waals surface area contributed by atoms with Crippen LogP contribution in [0.2, 0.25) is 0 Å². The Kier molecular flexibility index (Phi) is 9.06. The molecule has 0 aromatic carbocycles. The summed E-state index contributed by atoms with van der Waals surface area (Å²) in [6.07, 6.45) is 8.67. The van der Waals surface area contributed by atoms with E-state index in [2.05, 4.69) is 22.4 Å². The van der Waals surface area contributed by atoms with Crippen molar-refractivity contribution >= 4 is 0 Å². The Labute approximate surface area is 103 Å². The minimum Gasteiger partial charge on any atom is -0.394 e. The molecule has 63 valence electrons. The van der Waals surface area contributed by atoms with Crippen LogP contribution in [0.3, 0.4) is 0 Å². The van der Waals surface area contributed by atoms with Crippen LogP contribution >= 0.6 is 0 Å². The van der Waals surface area contributed by atoms with Gasteiger partial charge in [-0.25, -0.2) is 0 Å². The van der Waals surface area contributed by atoms with Crippen LogP contribution in [-0.2, 0) is 32.7 Å². The molecule has 2 heterocycles. The molecule has 2 nitrogen and oxygen atoms in total. The fraction of sp³-hybridized carbons (Fsp3) is 0. The average Bonchev–Trinajstić information content (AvgIpc) is 2.24. The van der Waals surface area contributed by atoms with Crippen molar-refractivity contribution in [3.05, 3.63) is 61.2 Å². The van der Waals surface area contributed by atoms with Gasteiger partial charge in [0.2, 0.25) is 0 Å². The van der Waals surface area contributed by atoms with Crippen LogP contribution in [0.15, 0.2) is 48.8 Å². The molecule has 0 bridgehead atoms. The van der Waals surface area contributed by atoms with Crippen LogP contribution in [0.4, 0.5) is 0 Å². The van der Waals surface area contributed by atoms with Crippen molar-refractivity contribution in [1.29, 1.82) is 0 Å². The normalized spacial score (nSPS) is 7.38. The molecule has 2 aromatic rings. The average molecular weight is 245 g/mol. The van der Waals surface area contributed by atoms with Gasteiger partial charge in [-0.1, -0.05) is 24.8 Å². The van der Waals surface area contributed by atoms with Crippen LogP contribution in [0.5, 0.6) is 0 Å². The molecule has 0 amide bonds. The van der Waals surface area contributed by atoms with Crippen molar-refractivity contribution in [2.75, 3.05) is 0 Å². The molecule has 1 radical (unpaired) electrons. The molecule has 0 aliphatic rings. The summed E-state index contributed by atoms with van der Waals surface area (Å²) in [4.78, 5) is 7.32. The molecule has 0 saturated carbocycles. The second kappa shape index (κ2) is 9.49. The molecular weight excluding hydrogens is 237 g/mol. The zero-order chi connectivity index (χ0) is 8.49. The predicted octanol–water partition coefficient (Wildman–Crippen LogP) is 1.76. The van der Waals surface area contributed by atoms with E-state index in [0.717, 1.165) is 0 Å². The number of pyridine rings is 2. The molecule has 0 N–H and O–H groups in total. The van der Waals surface area contributed by atoms with E-state index >= 15 is 0 Å². The number of rotatable bonds is 0. The minimum absolute atomic E-state index is 0. The van der Waals surface area contributed by atoms with E-state index in [0.29, 0.717) is 0 Å². The van der Waals surface area contributed by atoms with Crippen molar-refractivity contribution in [2.24, 2.45) is 0 Å². The maximum absolute atomic E-state index is 3.66. The van der Waals surface area contributed by atoms with Gasteiger partial charge in [-0.2, -0.15) is 36.4 Å². The Bertz CT molecular complexity index is 188. The van der Waals surface area contributed by atoms with Gasteiger partial charge in [0.25, 0.3) is 0 Å². The third kappa shape index (κ3) is 7.75. The minimum atomic E-state index is 0. The van der Waals surface area contributed by atoms with E-state index in [4.69, 9.17) is 0 Å². The van der Waals surface area contributed by atoms with Crippen LogP contribution in [0.25, 0.3) is 0 Å². The van der Waals surface area contributed by atoms with Crippen LogP contribution in [0.1, 0.15) is 0 Å². The molecule has 0 saturated heterocycles. The van der Waals surface area contributed by atoms with Gasteiger partial charge in [0.15, 0.2) is 0 Å². The molecule has 0 unspecified atom stereocenters. The van der Waals surface area contributed by atoms with Gasteiger partial charge in [0.1, 0.15) is 0 Å². The molecule has 13 heavy (non-hydrogen) atoms. The monoisotopic (exact) mass is 245 g/mol. The Hall–Kier alpha value is -0.596. The van der Waals surface area contributed by atoms with E-state index < -0.39 is 0 Å². The zero-order valence-electron chi connectivity index (χ0n) is 7.09. The predicted molar refractivity (Wildman–Crippen MR) is 46.1 cm³/mol. The maximum atomic E-state index is 3.66. The Morgan fingerprint density at radius 2 is 1.15 bits per heavy atom. The van der Waals surface area contributed by atoms with E-state index in [1.54, 1.807) is 24.5 Å². The zero-order valence-corrected chi connectivity index (χ0v) is 9.93. The van der Waals surface area contributed by atoms with Crippen molar-refractivity contribution in [3.8, 4) is 0 Å². The molecule has 2 rings (SSSR count). The molecule has 0 aliphatic carbocycles. The fourth-order valence-corrected chi connectivity index (χ4v) is 0.555. The summed E-state index contributed by atoms with van der Waals surface area (Å²) in [6, 6.07) is 11.0. The van der Waals surface area contributed by atoms with E-state index in [-0.39, 0.29) is 32.7 Å². The van der Waals surface area contributed by atoms with Gasteiger partial charge >= 0.3 is 0 Å². The largest absolute Gasteiger partial charge is 0.394 e. The molecule has 0 aliphatic heterocycles. The van der Waals surface area contributed by atoms with Crippen LogP contribution in [0, 0.1) is 12.4 Å². The van der Waals surface area contributed by atoms with Crippen LogP contribution < -0.4 is 0 Å². The van der Waals surface area contributed by atoms with Crippen molar-refractivity contribution < 1.29 is 32.7 Å². The van der Waals surface area contributed by atoms with E-state index in [9.17, 15) is 0 Å². The summed E-state index contributed by atoms with van der Waals surface area (Å²) in [5.74, 6) is 0. The van der Waals surface area contributed by atoms with Gasteiger partial charge in [-0.3, -0.25) is 0 Å². The quantitative estimate of drug-likeness (QED) is 0.661. The van der Waals surface area contributed by atoms with Crippen LogP contribution in [-0.4, -0.2) is 9.97 Å². The summed E-state index contributed by atoms with van der Waals surface area (Å²) < 4.78 is 0. The first-order valence-corrected chi connectivity index (χ1v) is 3.54. The second-order valence-corrected chi connectivity index (χ2v) is 1.92. The van der Waals surface area contributed by atoms with E-state index in [1.807, 2.05) is 24.3 Å². The van der Waals surface area contributed by atoms with Gasteiger partial charge < -0.3 is 9.97 Å². The summed E-state index contributed by atoms with van der Waals surface area (Å²) in [7, 11) is 0. The summed E-state index contributed by atoms with van der Waals surface area (Å²) in [5, 5.41) is 0. The Balaban J connectivity index is 0.000000206. The third-order valence-corrected chi connectivity index (χ3v) is 1.03. The standard InChI is InChI=1S/2C5H4N.Y/c2*1-2-4-6-5-3-1;/h2*1-4H;/q2*-1;. The number of hydrogen-bond acceptors (Lipinski definition) is 2. The number of hydrogen-bond donors (Lipinski definition) is 0. The molecule has 2 aromatic heterocycles. The Morgan fingerprint density at radius 3 is 1.23 bits per heavy atom. The Morgan fingerprint density at radius 1 is 0.692 bits per heavy atom. The first-order chi connectivity index (χ1) is 6.00. The smallest absolute Gasteiger partial charge is 0 e.